The van der Waals surface area contributed by atoms with E-state index in [-0.39, 0.29) is 24.4 Å². The van der Waals surface area contributed by atoms with Gasteiger partial charge in [0.05, 0.1) is 13.7 Å². The number of rotatable bonds is 13. The monoisotopic (exact) mass is 531 g/mol. The van der Waals surface area contributed by atoms with Gasteiger partial charge in [-0.15, -0.1) is 0 Å². The molecule has 3 aromatic rings. The largest absolute Gasteiger partial charge is 0.497 e. The minimum absolute atomic E-state index is 0.0111. The fourth-order valence-electron chi connectivity index (χ4n) is 5.36. The molecule has 1 aromatic heterocycles. The molecule has 0 radical (unpaired) electrons. The molecule has 7 nitrogen and oxygen atoms in total. The van der Waals surface area contributed by atoms with Crippen molar-refractivity contribution in [3.05, 3.63) is 89.7 Å². The lowest BCUT2D eigenvalue weighted by molar-refractivity contribution is -0.135. The van der Waals surface area contributed by atoms with Gasteiger partial charge in [0, 0.05) is 50.3 Å². The highest BCUT2D eigenvalue weighted by molar-refractivity contribution is 5.96. The summed E-state index contributed by atoms with van der Waals surface area (Å²) in [5, 5.41) is 0. The zero-order valence-electron chi connectivity index (χ0n) is 23.3. The highest BCUT2D eigenvalue weighted by Crippen LogP contribution is 2.25. The summed E-state index contributed by atoms with van der Waals surface area (Å²) in [5.74, 6) is 0.435. The van der Waals surface area contributed by atoms with Gasteiger partial charge in [0.1, 0.15) is 12.3 Å². The van der Waals surface area contributed by atoms with Crippen LogP contribution in [0.25, 0.3) is 0 Å². The number of amides is 2. The number of ether oxygens (including phenoxy) is 2. The minimum Gasteiger partial charge on any atom is -0.497 e. The lowest BCUT2D eigenvalue weighted by Gasteiger charge is -2.36. The second-order valence-electron chi connectivity index (χ2n) is 10.2. The van der Waals surface area contributed by atoms with Crippen LogP contribution in [0.3, 0.4) is 0 Å². The smallest absolute Gasteiger partial charge is 0.254 e. The Labute approximate surface area is 232 Å². The molecule has 0 unspecified atom stereocenters. The predicted octanol–water partition coefficient (Wildman–Crippen LogP) is 5.39. The first kappa shape index (κ1) is 28.4. The zero-order valence-corrected chi connectivity index (χ0v) is 23.3. The van der Waals surface area contributed by atoms with Crippen LogP contribution < -0.4 is 4.74 Å². The number of carbonyl (C=O) groups is 2. The number of methoxy groups -OCH3 is 2. The Hall–Kier alpha value is -3.58. The van der Waals surface area contributed by atoms with Crippen LogP contribution in [0.2, 0.25) is 0 Å². The lowest BCUT2D eigenvalue weighted by atomic mass is 9.94. The predicted molar refractivity (Wildman–Crippen MR) is 153 cm³/mol. The molecule has 0 bridgehead atoms. The van der Waals surface area contributed by atoms with Gasteiger partial charge >= 0.3 is 0 Å². The van der Waals surface area contributed by atoms with Crippen molar-refractivity contribution < 1.29 is 19.1 Å². The molecule has 0 N–H and O–H groups in total. The fraction of sp³-hybridized carbons (Fsp3) is 0.438. The molecular weight excluding hydrogens is 490 g/mol. The molecule has 1 aliphatic carbocycles. The second kappa shape index (κ2) is 14.5. The van der Waals surface area contributed by atoms with E-state index in [4.69, 9.17) is 9.47 Å². The number of hydrogen-bond donors (Lipinski definition) is 0. The molecule has 2 aromatic carbocycles. The molecule has 0 spiro atoms. The van der Waals surface area contributed by atoms with E-state index in [0.29, 0.717) is 37.4 Å². The van der Waals surface area contributed by atoms with Gasteiger partial charge in [0.15, 0.2) is 0 Å². The van der Waals surface area contributed by atoms with Crippen LogP contribution in [-0.4, -0.2) is 66.1 Å². The Balaban J connectivity index is 1.55. The van der Waals surface area contributed by atoms with E-state index < -0.39 is 0 Å². The molecule has 4 rings (SSSR count). The molecule has 0 aliphatic heterocycles. The van der Waals surface area contributed by atoms with Crippen molar-refractivity contribution in [2.24, 2.45) is 0 Å². The molecule has 1 saturated carbocycles. The maximum absolute atomic E-state index is 14.0. The number of aromatic nitrogens is 1. The summed E-state index contributed by atoms with van der Waals surface area (Å²) < 4.78 is 12.8. The number of hydrogen-bond acceptors (Lipinski definition) is 4. The van der Waals surface area contributed by atoms with Crippen molar-refractivity contribution in [3.8, 4) is 5.75 Å². The first-order valence-corrected chi connectivity index (χ1v) is 14.0. The van der Waals surface area contributed by atoms with Gasteiger partial charge in [0.2, 0.25) is 5.91 Å². The SMILES string of the molecule is COCCCN(CC(=O)N(Cc1cccn1Cc1ccccc1)C1CCCCC1)C(=O)c1cccc(OC)c1. The van der Waals surface area contributed by atoms with E-state index in [9.17, 15) is 9.59 Å². The Bertz CT molecular complexity index is 1190. The molecule has 39 heavy (non-hydrogen) atoms. The van der Waals surface area contributed by atoms with E-state index in [0.717, 1.165) is 37.9 Å². The summed E-state index contributed by atoms with van der Waals surface area (Å²) in [6.07, 6.45) is 8.19. The Morgan fingerprint density at radius 1 is 0.949 bits per heavy atom. The molecule has 1 heterocycles. The standard InChI is InChI=1S/C32H41N3O4/c1-38-21-11-20-34(32(37)27-14-9-18-30(22-27)39-2)25-31(36)35(28-15-7-4-8-16-28)24-29-17-10-19-33(29)23-26-12-5-3-6-13-26/h3,5-6,9-10,12-14,17-19,22,28H,4,7-8,11,15-16,20-21,23-25H2,1-2H3. The Kier molecular flexibility index (Phi) is 10.6. The maximum atomic E-state index is 14.0. The minimum atomic E-state index is -0.172. The molecule has 0 saturated heterocycles. The molecule has 1 aliphatic rings. The van der Waals surface area contributed by atoms with E-state index in [1.54, 1.807) is 37.3 Å². The van der Waals surface area contributed by atoms with Crippen LogP contribution in [0.15, 0.2) is 72.9 Å². The van der Waals surface area contributed by atoms with Crippen molar-refractivity contribution in [1.29, 1.82) is 0 Å². The summed E-state index contributed by atoms with van der Waals surface area (Å²) in [6, 6.07) is 21.8. The van der Waals surface area contributed by atoms with E-state index in [1.165, 1.54) is 12.0 Å². The van der Waals surface area contributed by atoms with Crippen LogP contribution in [0.1, 0.15) is 60.1 Å². The Morgan fingerprint density at radius 2 is 1.74 bits per heavy atom. The highest BCUT2D eigenvalue weighted by Gasteiger charge is 2.29. The molecule has 208 valence electrons. The van der Waals surface area contributed by atoms with Gasteiger partial charge in [0.25, 0.3) is 5.91 Å². The maximum Gasteiger partial charge on any atom is 0.254 e. The van der Waals surface area contributed by atoms with Crippen molar-refractivity contribution in [3.63, 3.8) is 0 Å². The topological polar surface area (TPSA) is 64.0 Å². The molecular formula is C32H41N3O4. The van der Waals surface area contributed by atoms with Gasteiger partial charge < -0.3 is 23.8 Å². The number of nitrogens with zero attached hydrogens (tertiary/aromatic N) is 3. The van der Waals surface area contributed by atoms with Crippen LogP contribution in [0.5, 0.6) is 5.75 Å². The van der Waals surface area contributed by atoms with Gasteiger partial charge in [-0.05, 0) is 55.2 Å². The summed E-state index contributed by atoms with van der Waals surface area (Å²) >= 11 is 0. The summed E-state index contributed by atoms with van der Waals surface area (Å²) in [4.78, 5) is 31.3. The summed E-state index contributed by atoms with van der Waals surface area (Å²) in [6.45, 7) is 2.29. The lowest BCUT2D eigenvalue weighted by Crippen LogP contribution is -2.48. The average molecular weight is 532 g/mol. The van der Waals surface area contributed by atoms with Crippen molar-refractivity contribution in [1.82, 2.24) is 14.4 Å². The Morgan fingerprint density at radius 3 is 2.49 bits per heavy atom. The van der Waals surface area contributed by atoms with E-state index >= 15 is 0 Å². The normalized spacial score (nSPS) is 13.7. The molecule has 7 heteroatoms. The second-order valence-corrected chi connectivity index (χ2v) is 10.2. The molecule has 2 amide bonds. The van der Waals surface area contributed by atoms with Crippen LogP contribution >= 0.6 is 0 Å². The fourth-order valence-corrected chi connectivity index (χ4v) is 5.36. The van der Waals surface area contributed by atoms with Gasteiger partial charge in [-0.25, -0.2) is 0 Å². The van der Waals surface area contributed by atoms with Crippen LogP contribution in [-0.2, 0) is 22.6 Å². The van der Waals surface area contributed by atoms with Crippen LogP contribution in [0, 0.1) is 0 Å². The van der Waals surface area contributed by atoms with Crippen molar-refractivity contribution in [2.75, 3.05) is 33.9 Å². The number of benzene rings is 2. The third-order valence-corrected chi connectivity index (χ3v) is 7.49. The third kappa shape index (κ3) is 7.96. The number of carbonyl (C=O) groups excluding carboxylic acids is 2. The van der Waals surface area contributed by atoms with Crippen molar-refractivity contribution in [2.45, 2.75) is 57.7 Å². The molecule has 0 atom stereocenters. The zero-order chi connectivity index (χ0) is 27.5. The van der Waals surface area contributed by atoms with E-state index in [2.05, 4.69) is 29.0 Å². The average Bonchev–Trinajstić information content (AvgIpc) is 3.42. The van der Waals surface area contributed by atoms with Crippen LogP contribution in [0.4, 0.5) is 0 Å². The van der Waals surface area contributed by atoms with Gasteiger partial charge in [-0.2, -0.15) is 0 Å². The summed E-state index contributed by atoms with van der Waals surface area (Å²) in [5.41, 5.74) is 2.84. The quantitative estimate of drug-likeness (QED) is 0.278. The first-order valence-electron chi connectivity index (χ1n) is 14.0. The van der Waals surface area contributed by atoms with E-state index in [1.807, 2.05) is 35.2 Å². The van der Waals surface area contributed by atoms with Crippen molar-refractivity contribution >= 4 is 11.8 Å². The summed E-state index contributed by atoms with van der Waals surface area (Å²) in [7, 11) is 3.23. The first-order chi connectivity index (χ1) is 19.1. The highest BCUT2D eigenvalue weighted by atomic mass is 16.5. The van der Waals surface area contributed by atoms with Gasteiger partial charge in [-0.3, -0.25) is 9.59 Å². The molecule has 1 fully saturated rings. The van der Waals surface area contributed by atoms with Gasteiger partial charge in [-0.1, -0.05) is 55.7 Å². The third-order valence-electron chi connectivity index (χ3n) is 7.49.